The second kappa shape index (κ2) is 8.69. The van der Waals surface area contributed by atoms with Crippen LogP contribution in [0, 0.1) is 6.92 Å². The van der Waals surface area contributed by atoms with Crippen LogP contribution in [-0.4, -0.2) is 27.1 Å². The minimum absolute atomic E-state index is 0.0780. The first kappa shape index (κ1) is 21.8. The number of nitrogens with one attached hydrogen (secondary N) is 1. The third-order valence-corrected chi connectivity index (χ3v) is 6.05. The molecule has 0 aromatic heterocycles. The zero-order chi connectivity index (χ0) is 20.4. The molecule has 0 heterocycles. The van der Waals surface area contributed by atoms with Crippen LogP contribution in [0.4, 0.5) is 5.69 Å². The number of anilines is 1. The second-order valence-corrected chi connectivity index (χ2v) is 9.32. The van der Waals surface area contributed by atoms with Crippen molar-refractivity contribution in [2.24, 2.45) is 0 Å². The highest BCUT2D eigenvalue weighted by Crippen LogP contribution is 2.35. The van der Waals surface area contributed by atoms with Crippen LogP contribution in [0.1, 0.15) is 24.1 Å². The lowest BCUT2D eigenvalue weighted by Crippen LogP contribution is -2.41. The predicted molar refractivity (Wildman–Crippen MR) is 111 cm³/mol. The number of aryl methyl sites for hydroxylation is 1. The van der Waals surface area contributed by atoms with Gasteiger partial charge in [-0.15, -0.1) is 0 Å². The quantitative estimate of drug-likeness (QED) is 0.655. The van der Waals surface area contributed by atoms with Gasteiger partial charge in [-0.2, -0.15) is 0 Å². The Labute approximate surface area is 174 Å². The monoisotopic (exact) mass is 448 g/mol. The van der Waals surface area contributed by atoms with E-state index in [0.717, 1.165) is 21.7 Å². The summed E-state index contributed by atoms with van der Waals surface area (Å²) < 4.78 is 25.3. The van der Waals surface area contributed by atoms with E-state index < -0.39 is 22.5 Å². The molecule has 0 saturated heterocycles. The minimum Gasteiger partial charge on any atom is -0.348 e. The van der Waals surface area contributed by atoms with E-state index in [2.05, 4.69) is 5.32 Å². The molecule has 0 radical (unpaired) electrons. The summed E-state index contributed by atoms with van der Waals surface area (Å²) in [7, 11) is -3.78. The number of nitrogens with zero attached hydrogens (tertiary/aromatic N) is 1. The third-order valence-electron chi connectivity index (χ3n) is 3.90. The van der Waals surface area contributed by atoms with Gasteiger partial charge in [0.05, 0.1) is 33.1 Å². The molecule has 0 saturated carbocycles. The fourth-order valence-electron chi connectivity index (χ4n) is 2.44. The largest absolute Gasteiger partial charge is 0.348 e. The topological polar surface area (TPSA) is 66.5 Å². The van der Waals surface area contributed by atoms with E-state index in [1.807, 2.05) is 38.1 Å². The maximum absolute atomic E-state index is 12.5. The molecule has 9 heteroatoms. The van der Waals surface area contributed by atoms with Gasteiger partial charge in [-0.3, -0.25) is 9.10 Å². The standard InChI is InChI=1S/C18H19Cl3N2O3S/c1-11-4-6-13(7-5-11)12(2)22-18(24)10-23(27(3,25)26)17-9-15(20)14(19)8-16(17)21/h4-9,12H,10H2,1-3H3,(H,22,24)/t12-/m1/s1. The number of carbonyl (C=O) groups is 1. The number of hydrogen-bond acceptors (Lipinski definition) is 3. The summed E-state index contributed by atoms with van der Waals surface area (Å²) in [5.74, 6) is -0.476. The molecule has 1 atom stereocenters. The zero-order valence-electron chi connectivity index (χ0n) is 15.0. The van der Waals surface area contributed by atoms with Gasteiger partial charge in [0.15, 0.2) is 0 Å². The third kappa shape index (κ3) is 5.75. The van der Waals surface area contributed by atoms with Crippen LogP contribution in [-0.2, 0) is 14.8 Å². The van der Waals surface area contributed by atoms with Gasteiger partial charge in [0.2, 0.25) is 15.9 Å². The van der Waals surface area contributed by atoms with Gasteiger partial charge < -0.3 is 5.32 Å². The molecule has 0 unspecified atom stereocenters. The van der Waals surface area contributed by atoms with Gasteiger partial charge in [-0.1, -0.05) is 64.6 Å². The molecule has 0 aliphatic heterocycles. The van der Waals surface area contributed by atoms with Gasteiger partial charge in [-0.05, 0) is 31.5 Å². The molecular weight excluding hydrogens is 431 g/mol. The Morgan fingerprint density at radius 3 is 2.19 bits per heavy atom. The first-order valence-electron chi connectivity index (χ1n) is 7.97. The van der Waals surface area contributed by atoms with E-state index in [4.69, 9.17) is 34.8 Å². The number of hydrogen-bond donors (Lipinski definition) is 1. The van der Waals surface area contributed by atoms with Gasteiger partial charge in [-0.25, -0.2) is 8.42 Å². The van der Waals surface area contributed by atoms with Crippen molar-refractivity contribution in [1.82, 2.24) is 5.32 Å². The van der Waals surface area contributed by atoms with Crippen LogP contribution in [0.25, 0.3) is 0 Å². The lowest BCUT2D eigenvalue weighted by atomic mass is 10.1. The van der Waals surface area contributed by atoms with E-state index in [9.17, 15) is 13.2 Å². The molecule has 1 N–H and O–H groups in total. The van der Waals surface area contributed by atoms with Crippen molar-refractivity contribution in [3.8, 4) is 0 Å². The molecule has 2 aromatic rings. The van der Waals surface area contributed by atoms with Crippen molar-refractivity contribution in [3.05, 3.63) is 62.6 Å². The molecule has 2 aromatic carbocycles. The van der Waals surface area contributed by atoms with Crippen molar-refractivity contribution >= 4 is 56.4 Å². The fraction of sp³-hybridized carbons (Fsp3) is 0.278. The molecular formula is C18H19Cl3N2O3S. The van der Waals surface area contributed by atoms with Gasteiger partial charge in [0.1, 0.15) is 6.54 Å². The number of halogens is 3. The lowest BCUT2D eigenvalue weighted by Gasteiger charge is -2.24. The number of rotatable bonds is 6. The highest BCUT2D eigenvalue weighted by atomic mass is 35.5. The molecule has 27 heavy (non-hydrogen) atoms. The van der Waals surface area contributed by atoms with Crippen LogP contribution >= 0.6 is 34.8 Å². The first-order chi connectivity index (χ1) is 12.5. The normalized spacial score (nSPS) is 12.5. The molecule has 146 valence electrons. The second-order valence-electron chi connectivity index (χ2n) is 6.19. The van der Waals surface area contributed by atoms with Crippen LogP contribution < -0.4 is 9.62 Å². The summed E-state index contributed by atoms with van der Waals surface area (Å²) in [6, 6.07) is 10.1. The van der Waals surface area contributed by atoms with E-state index in [1.165, 1.54) is 12.1 Å². The SMILES string of the molecule is Cc1ccc([C@@H](C)NC(=O)CN(c2cc(Cl)c(Cl)cc2Cl)S(C)(=O)=O)cc1. The summed E-state index contributed by atoms with van der Waals surface area (Å²) in [5, 5.41) is 3.19. The van der Waals surface area contributed by atoms with Crippen LogP contribution in [0.3, 0.4) is 0 Å². The molecule has 1 amide bonds. The van der Waals surface area contributed by atoms with E-state index in [0.29, 0.717) is 0 Å². The van der Waals surface area contributed by atoms with E-state index >= 15 is 0 Å². The Hall–Kier alpha value is -1.47. The Bertz CT molecular complexity index is 947. The van der Waals surface area contributed by atoms with Crippen molar-refractivity contribution in [3.63, 3.8) is 0 Å². The Kier molecular flexibility index (Phi) is 7.03. The number of sulfonamides is 1. The van der Waals surface area contributed by atoms with Crippen LogP contribution in [0.2, 0.25) is 15.1 Å². The van der Waals surface area contributed by atoms with Crippen molar-refractivity contribution in [2.75, 3.05) is 17.1 Å². The van der Waals surface area contributed by atoms with E-state index in [1.54, 1.807) is 0 Å². The summed E-state index contributed by atoms with van der Waals surface area (Å²) in [5.41, 5.74) is 2.11. The fourth-order valence-corrected chi connectivity index (χ4v) is 3.99. The maximum Gasteiger partial charge on any atom is 0.241 e. The molecule has 5 nitrogen and oxygen atoms in total. The Morgan fingerprint density at radius 2 is 1.63 bits per heavy atom. The van der Waals surface area contributed by atoms with Crippen molar-refractivity contribution < 1.29 is 13.2 Å². The van der Waals surface area contributed by atoms with Crippen LogP contribution in [0.15, 0.2) is 36.4 Å². The summed E-state index contributed by atoms with van der Waals surface area (Å²) in [6.45, 7) is 3.35. The van der Waals surface area contributed by atoms with Crippen molar-refractivity contribution in [2.45, 2.75) is 19.9 Å². The maximum atomic E-state index is 12.5. The number of amides is 1. The van der Waals surface area contributed by atoms with Gasteiger partial charge >= 0.3 is 0 Å². The summed E-state index contributed by atoms with van der Waals surface area (Å²) in [4.78, 5) is 12.5. The zero-order valence-corrected chi connectivity index (χ0v) is 18.0. The molecule has 2 rings (SSSR count). The highest BCUT2D eigenvalue weighted by molar-refractivity contribution is 7.92. The summed E-state index contributed by atoms with van der Waals surface area (Å²) >= 11 is 18.0. The molecule has 0 spiro atoms. The number of benzene rings is 2. The van der Waals surface area contributed by atoms with Gasteiger partial charge in [0.25, 0.3) is 0 Å². The average molecular weight is 450 g/mol. The molecule has 0 bridgehead atoms. The highest BCUT2D eigenvalue weighted by Gasteiger charge is 2.25. The molecule has 0 fully saturated rings. The minimum atomic E-state index is -3.78. The molecule has 0 aliphatic rings. The van der Waals surface area contributed by atoms with Gasteiger partial charge in [0, 0.05) is 0 Å². The average Bonchev–Trinajstić information content (AvgIpc) is 2.56. The van der Waals surface area contributed by atoms with Crippen LogP contribution in [0.5, 0.6) is 0 Å². The first-order valence-corrected chi connectivity index (χ1v) is 11.0. The lowest BCUT2D eigenvalue weighted by molar-refractivity contribution is -0.120. The van der Waals surface area contributed by atoms with Crippen molar-refractivity contribution in [1.29, 1.82) is 0 Å². The summed E-state index contributed by atoms with van der Waals surface area (Å²) in [6.07, 6.45) is 0.989. The molecule has 0 aliphatic carbocycles. The Balaban J connectivity index is 2.23. The Morgan fingerprint density at radius 1 is 1.07 bits per heavy atom. The smallest absolute Gasteiger partial charge is 0.241 e. The predicted octanol–water partition coefficient (Wildman–Crippen LogP) is 4.60. The number of carbonyl (C=O) groups excluding carboxylic acids is 1. The van der Waals surface area contributed by atoms with E-state index in [-0.39, 0.29) is 26.8 Å².